The summed E-state index contributed by atoms with van der Waals surface area (Å²) in [6.07, 6.45) is 7.78. The van der Waals surface area contributed by atoms with Gasteiger partial charge in [0.05, 0.1) is 5.75 Å². The molecule has 4 saturated carbocycles. The zero-order chi connectivity index (χ0) is 13.5. The van der Waals surface area contributed by atoms with Gasteiger partial charge in [-0.25, -0.2) is 0 Å². The molecule has 0 spiro atoms. The maximum Gasteiger partial charge on any atom is 0.148 e. The van der Waals surface area contributed by atoms with Crippen LogP contribution in [0.25, 0.3) is 0 Å². The molecule has 108 valence electrons. The Balaban J connectivity index is 1.57. The highest BCUT2D eigenvalue weighted by atomic mass is 32.2. The Morgan fingerprint density at radius 2 is 1.74 bits per heavy atom. The van der Waals surface area contributed by atoms with Crippen LogP contribution in [0.1, 0.15) is 45.4 Å². The fourth-order valence-corrected chi connectivity index (χ4v) is 6.13. The lowest BCUT2D eigenvalue weighted by molar-refractivity contribution is -0.141. The molecule has 0 amide bonds. The number of rotatable bonds is 6. The van der Waals surface area contributed by atoms with Crippen LogP contribution in [0, 0.1) is 29.1 Å². The van der Waals surface area contributed by atoms with Crippen LogP contribution in [-0.4, -0.2) is 29.0 Å². The molecule has 4 aliphatic carbocycles. The molecule has 0 unspecified atom stereocenters. The predicted molar refractivity (Wildman–Crippen MR) is 79.2 cm³/mol. The molecule has 4 fully saturated rings. The summed E-state index contributed by atoms with van der Waals surface area (Å²) in [4.78, 5) is 12.7. The average Bonchev–Trinajstić information content (AvgIpc) is 2.36. The number of ketones is 1. The van der Waals surface area contributed by atoms with Gasteiger partial charge in [0.2, 0.25) is 0 Å². The average molecular weight is 282 g/mol. The Bertz CT molecular complexity index is 317. The first-order valence-electron chi connectivity index (χ1n) is 7.83. The summed E-state index contributed by atoms with van der Waals surface area (Å²) in [5, 5.41) is 9.03. The van der Waals surface area contributed by atoms with Crippen molar-refractivity contribution < 1.29 is 9.90 Å². The fourth-order valence-electron chi connectivity index (χ4n) is 5.01. The second-order valence-electron chi connectivity index (χ2n) is 7.42. The highest BCUT2D eigenvalue weighted by Crippen LogP contribution is 2.60. The zero-order valence-corrected chi connectivity index (χ0v) is 12.8. The molecule has 0 heterocycles. The van der Waals surface area contributed by atoms with E-state index < -0.39 is 0 Å². The van der Waals surface area contributed by atoms with Gasteiger partial charge in [-0.1, -0.05) is 6.92 Å². The van der Waals surface area contributed by atoms with Crippen molar-refractivity contribution in [3.05, 3.63) is 0 Å². The fraction of sp³-hybridized carbons (Fsp3) is 0.938. The number of Topliss-reactive ketones (excluding diaryl/α,β-unsaturated/α-hetero) is 1. The first-order valence-corrected chi connectivity index (χ1v) is 8.98. The third kappa shape index (κ3) is 2.73. The van der Waals surface area contributed by atoms with E-state index in [-0.39, 0.29) is 12.0 Å². The zero-order valence-electron chi connectivity index (χ0n) is 11.9. The van der Waals surface area contributed by atoms with Crippen LogP contribution in [0.3, 0.4) is 0 Å². The molecule has 4 bridgehead atoms. The Morgan fingerprint density at radius 1 is 1.21 bits per heavy atom. The van der Waals surface area contributed by atoms with E-state index in [0.29, 0.717) is 17.5 Å². The lowest BCUT2D eigenvalue weighted by Gasteiger charge is -2.56. The van der Waals surface area contributed by atoms with E-state index in [9.17, 15) is 4.79 Å². The van der Waals surface area contributed by atoms with E-state index in [0.717, 1.165) is 23.5 Å². The van der Waals surface area contributed by atoms with Gasteiger partial charge in [0.25, 0.3) is 0 Å². The van der Waals surface area contributed by atoms with Crippen molar-refractivity contribution in [1.29, 1.82) is 0 Å². The summed E-state index contributed by atoms with van der Waals surface area (Å²) >= 11 is 1.73. The summed E-state index contributed by atoms with van der Waals surface area (Å²) in [7, 11) is 0. The van der Waals surface area contributed by atoms with E-state index in [1.54, 1.807) is 11.8 Å². The molecule has 0 aromatic carbocycles. The van der Waals surface area contributed by atoms with Gasteiger partial charge in [0.1, 0.15) is 5.78 Å². The number of carbonyl (C=O) groups is 1. The normalized spacial score (nSPS) is 41.5. The minimum atomic E-state index is 0.0736. The number of aliphatic hydroxyl groups excluding tert-OH is 1. The topological polar surface area (TPSA) is 37.3 Å². The Labute approximate surface area is 120 Å². The van der Waals surface area contributed by atoms with Crippen LogP contribution in [0.2, 0.25) is 0 Å². The largest absolute Gasteiger partial charge is 0.396 e. The molecule has 4 aliphatic rings. The van der Waals surface area contributed by atoms with E-state index >= 15 is 0 Å². The molecule has 3 heteroatoms. The van der Waals surface area contributed by atoms with Crippen molar-refractivity contribution in [2.75, 3.05) is 18.1 Å². The van der Waals surface area contributed by atoms with Crippen LogP contribution >= 0.6 is 11.8 Å². The third-order valence-electron chi connectivity index (χ3n) is 5.58. The molecule has 0 radical (unpaired) electrons. The molecule has 1 atom stereocenters. The number of carbonyl (C=O) groups excluding carboxylic acids is 1. The maximum atomic E-state index is 12.7. The molecule has 0 aliphatic heterocycles. The van der Waals surface area contributed by atoms with E-state index in [1.807, 2.05) is 6.92 Å². The number of hydrogen-bond acceptors (Lipinski definition) is 3. The summed E-state index contributed by atoms with van der Waals surface area (Å²) in [6.45, 7) is 2.28. The van der Waals surface area contributed by atoms with Crippen LogP contribution in [0.5, 0.6) is 0 Å². The number of aliphatic hydroxyl groups is 1. The van der Waals surface area contributed by atoms with E-state index in [4.69, 9.17) is 5.11 Å². The van der Waals surface area contributed by atoms with Crippen LogP contribution < -0.4 is 0 Å². The molecule has 19 heavy (non-hydrogen) atoms. The van der Waals surface area contributed by atoms with Crippen molar-refractivity contribution >= 4 is 17.5 Å². The Hall–Kier alpha value is -0.0200. The van der Waals surface area contributed by atoms with Crippen molar-refractivity contribution in [2.24, 2.45) is 29.1 Å². The monoisotopic (exact) mass is 282 g/mol. The van der Waals surface area contributed by atoms with Gasteiger partial charge in [-0.15, -0.1) is 0 Å². The quantitative estimate of drug-likeness (QED) is 0.813. The maximum absolute atomic E-state index is 12.7. The summed E-state index contributed by atoms with van der Waals surface area (Å²) in [6, 6.07) is 0. The first kappa shape index (κ1) is 13.9. The summed E-state index contributed by atoms with van der Waals surface area (Å²) in [5.74, 6) is 5.01. The molecule has 0 saturated heterocycles. The van der Waals surface area contributed by atoms with Gasteiger partial charge in [0.15, 0.2) is 0 Å². The smallest absolute Gasteiger partial charge is 0.148 e. The molecule has 0 aromatic heterocycles. The number of hydrogen-bond donors (Lipinski definition) is 1. The second kappa shape index (κ2) is 5.40. The lowest BCUT2D eigenvalue weighted by atomic mass is 9.48. The molecule has 0 aromatic rings. The van der Waals surface area contributed by atoms with Gasteiger partial charge in [-0.3, -0.25) is 4.79 Å². The highest BCUT2D eigenvalue weighted by Gasteiger charge is 2.53. The van der Waals surface area contributed by atoms with Crippen LogP contribution in [-0.2, 0) is 4.79 Å². The van der Waals surface area contributed by atoms with E-state index in [2.05, 4.69) is 0 Å². The van der Waals surface area contributed by atoms with Gasteiger partial charge >= 0.3 is 0 Å². The van der Waals surface area contributed by atoms with Crippen molar-refractivity contribution in [1.82, 2.24) is 0 Å². The SMILES string of the molecule is C[C@@H](CO)CSCC(=O)C12CC3CC(CC(C3)C1)C2. The lowest BCUT2D eigenvalue weighted by Crippen LogP contribution is -2.50. The first-order chi connectivity index (χ1) is 9.11. The van der Waals surface area contributed by atoms with Gasteiger partial charge in [-0.2, -0.15) is 11.8 Å². The van der Waals surface area contributed by atoms with Crippen molar-refractivity contribution in [3.63, 3.8) is 0 Å². The molecular weight excluding hydrogens is 256 g/mol. The minimum Gasteiger partial charge on any atom is -0.396 e. The van der Waals surface area contributed by atoms with Crippen LogP contribution in [0.4, 0.5) is 0 Å². The predicted octanol–water partition coefficient (Wildman–Crippen LogP) is 3.13. The molecule has 1 N–H and O–H groups in total. The number of thioether (sulfide) groups is 1. The van der Waals surface area contributed by atoms with Gasteiger partial charge in [-0.05, 0) is 67.9 Å². The third-order valence-corrected chi connectivity index (χ3v) is 6.85. The molecular formula is C16H26O2S. The minimum absolute atomic E-state index is 0.0736. The second-order valence-corrected chi connectivity index (χ2v) is 8.45. The van der Waals surface area contributed by atoms with Crippen molar-refractivity contribution in [2.45, 2.75) is 45.4 Å². The highest BCUT2D eigenvalue weighted by molar-refractivity contribution is 7.99. The molecule has 2 nitrogen and oxygen atoms in total. The molecule has 4 rings (SSSR count). The Kier molecular flexibility index (Phi) is 3.96. The standard InChI is InChI=1S/C16H26O2S/c1-11(8-17)9-19-10-15(18)16-5-12-2-13(6-16)4-14(3-12)7-16/h11-14,17H,2-10H2,1H3/t11-,12?,13?,14?,16?/m0/s1. The van der Waals surface area contributed by atoms with E-state index in [1.165, 1.54) is 38.5 Å². The van der Waals surface area contributed by atoms with Crippen LogP contribution in [0.15, 0.2) is 0 Å². The van der Waals surface area contributed by atoms with Crippen molar-refractivity contribution in [3.8, 4) is 0 Å². The van der Waals surface area contributed by atoms with Gasteiger partial charge in [0, 0.05) is 12.0 Å². The Morgan fingerprint density at radius 3 is 2.21 bits per heavy atom. The summed E-state index contributed by atoms with van der Waals surface area (Å²) in [5.41, 5.74) is 0.0736. The van der Waals surface area contributed by atoms with Gasteiger partial charge < -0.3 is 5.11 Å². The summed E-state index contributed by atoms with van der Waals surface area (Å²) < 4.78 is 0.